The molecule has 1 aliphatic heterocycles. The van der Waals surface area contributed by atoms with Crippen molar-refractivity contribution in [3.63, 3.8) is 0 Å². The van der Waals surface area contributed by atoms with Crippen molar-refractivity contribution in [1.29, 1.82) is 0 Å². The van der Waals surface area contributed by atoms with Crippen molar-refractivity contribution in [2.75, 3.05) is 18.6 Å². The van der Waals surface area contributed by atoms with Gasteiger partial charge in [0.1, 0.15) is 5.75 Å². The summed E-state index contributed by atoms with van der Waals surface area (Å²) in [4.78, 5) is 6.76. The number of anilines is 1. The highest BCUT2D eigenvalue weighted by Gasteiger charge is 2.45. The van der Waals surface area contributed by atoms with E-state index in [2.05, 4.69) is 22.9 Å². The third-order valence-electron chi connectivity index (χ3n) is 4.77. The second-order valence-corrected chi connectivity index (χ2v) is 6.09. The van der Waals surface area contributed by atoms with Gasteiger partial charge in [-0.1, -0.05) is 19.1 Å². The summed E-state index contributed by atoms with van der Waals surface area (Å²) in [6.07, 6.45) is 4.79. The Kier molecular flexibility index (Phi) is 3.32. The summed E-state index contributed by atoms with van der Waals surface area (Å²) in [7, 11) is 1.71. The highest BCUT2D eigenvalue weighted by Crippen LogP contribution is 2.44. The maximum absolute atomic E-state index is 6.20. The molecule has 20 heavy (non-hydrogen) atoms. The number of ether oxygens (including phenoxy) is 1. The maximum atomic E-state index is 6.20. The van der Waals surface area contributed by atoms with Crippen LogP contribution in [0.4, 0.5) is 5.69 Å². The molecule has 4 heteroatoms. The Morgan fingerprint density at radius 3 is 2.70 bits per heavy atom. The quantitative estimate of drug-likeness (QED) is 0.901. The normalized spacial score (nSPS) is 29.6. The number of nitrogens with zero attached hydrogens (tertiary/aromatic N) is 2. The zero-order valence-electron chi connectivity index (χ0n) is 12.3. The fraction of sp³-hybridized carbons (Fsp3) is 0.562. The predicted molar refractivity (Wildman–Crippen MR) is 82.3 cm³/mol. The van der Waals surface area contributed by atoms with E-state index in [1.165, 1.54) is 12.8 Å². The van der Waals surface area contributed by atoms with E-state index in [1.54, 1.807) is 7.11 Å². The Labute approximate surface area is 120 Å². The summed E-state index contributed by atoms with van der Waals surface area (Å²) in [5.74, 6) is 2.30. The van der Waals surface area contributed by atoms with Crippen LogP contribution in [0.5, 0.6) is 5.75 Å². The van der Waals surface area contributed by atoms with Crippen LogP contribution in [0.1, 0.15) is 32.6 Å². The lowest BCUT2D eigenvalue weighted by atomic mass is 9.76. The molecular formula is C16H23N3O. The molecule has 1 aliphatic carbocycles. The van der Waals surface area contributed by atoms with Crippen molar-refractivity contribution in [3.8, 4) is 5.75 Å². The smallest absolute Gasteiger partial charge is 0.196 e. The maximum Gasteiger partial charge on any atom is 0.196 e. The second kappa shape index (κ2) is 5.00. The van der Waals surface area contributed by atoms with E-state index >= 15 is 0 Å². The summed E-state index contributed by atoms with van der Waals surface area (Å²) in [6.45, 7) is 3.14. The van der Waals surface area contributed by atoms with Crippen LogP contribution in [-0.2, 0) is 0 Å². The summed E-state index contributed by atoms with van der Waals surface area (Å²) in [6, 6.07) is 8.08. The molecule has 1 aromatic carbocycles. The topological polar surface area (TPSA) is 50.9 Å². The molecule has 1 spiro atoms. The van der Waals surface area contributed by atoms with Crippen molar-refractivity contribution in [1.82, 2.24) is 0 Å². The number of para-hydroxylation sites is 2. The molecule has 0 amide bonds. The molecule has 0 bridgehead atoms. The standard InChI is InChI=1S/C16H23N3O/c1-12-7-9-16(10-8-12)11-18-15(17)19(16)13-5-3-4-6-14(13)20-2/h3-6,12H,7-11H2,1-2H3,(H2,17,18). The van der Waals surface area contributed by atoms with Gasteiger partial charge in [-0.3, -0.25) is 4.99 Å². The first-order valence-corrected chi connectivity index (χ1v) is 7.39. The monoisotopic (exact) mass is 273 g/mol. The van der Waals surface area contributed by atoms with Gasteiger partial charge in [0, 0.05) is 0 Å². The van der Waals surface area contributed by atoms with Gasteiger partial charge in [0.15, 0.2) is 5.96 Å². The van der Waals surface area contributed by atoms with Gasteiger partial charge in [0.2, 0.25) is 0 Å². The second-order valence-electron chi connectivity index (χ2n) is 6.09. The van der Waals surface area contributed by atoms with Gasteiger partial charge in [-0.05, 0) is 43.7 Å². The number of hydrogen-bond donors (Lipinski definition) is 1. The Balaban J connectivity index is 1.98. The summed E-state index contributed by atoms with van der Waals surface area (Å²) in [5, 5.41) is 0. The lowest BCUT2D eigenvalue weighted by Crippen LogP contribution is -2.53. The third-order valence-corrected chi connectivity index (χ3v) is 4.77. The zero-order valence-corrected chi connectivity index (χ0v) is 12.3. The minimum Gasteiger partial charge on any atom is -0.495 e. The van der Waals surface area contributed by atoms with Crippen LogP contribution in [0.15, 0.2) is 29.3 Å². The molecule has 0 unspecified atom stereocenters. The van der Waals surface area contributed by atoms with Crippen LogP contribution in [0.25, 0.3) is 0 Å². The van der Waals surface area contributed by atoms with Crippen molar-refractivity contribution < 1.29 is 4.74 Å². The molecule has 1 heterocycles. The van der Waals surface area contributed by atoms with Gasteiger partial charge in [0.05, 0.1) is 24.9 Å². The van der Waals surface area contributed by atoms with Crippen LogP contribution in [0.2, 0.25) is 0 Å². The fourth-order valence-corrected chi connectivity index (χ4v) is 3.49. The number of methoxy groups -OCH3 is 1. The van der Waals surface area contributed by atoms with E-state index in [4.69, 9.17) is 10.5 Å². The first-order valence-electron chi connectivity index (χ1n) is 7.39. The van der Waals surface area contributed by atoms with Crippen molar-refractivity contribution in [3.05, 3.63) is 24.3 Å². The minimum atomic E-state index is 0.0607. The third kappa shape index (κ3) is 2.03. The van der Waals surface area contributed by atoms with Crippen LogP contribution >= 0.6 is 0 Å². The van der Waals surface area contributed by atoms with Gasteiger partial charge < -0.3 is 15.4 Å². The Hall–Kier alpha value is -1.71. The Bertz CT molecular complexity index is 518. The van der Waals surface area contributed by atoms with Crippen molar-refractivity contribution >= 4 is 11.6 Å². The number of hydrogen-bond acceptors (Lipinski definition) is 4. The fourth-order valence-electron chi connectivity index (χ4n) is 3.49. The molecule has 1 aromatic rings. The van der Waals surface area contributed by atoms with Gasteiger partial charge in [0.25, 0.3) is 0 Å². The molecule has 0 aromatic heterocycles. The van der Waals surface area contributed by atoms with Crippen LogP contribution in [0, 0.1) is 5.92 Å². The highest BCUT2D eigenvalue weighted by atomic mass is 16.5. The molecule has 3 rings (SSSR count). The van der Waals surface area contributed by atoms with Crippen LogP contribution in [-0.4, -0.2) is 25.2 Å². The largest absolute Gasteiger partial charge is 0.495 e. The van der Waals surface area contributed by atoms with Gasteiger partial charge in [-0.25, -0.2) is 0 Å². The average molecular weight is 273 g/mol. The predicted octanol–water partition coefficient (Wildman–Crippen LogP) is 2.78. The highest BCUT2D eigenvalue weighted by molar-refractivity contribution is 5.99. The molecule has 2 N–H and O–H groups in total. The van der Waals surface area contributed by atoms with Gasteiger partial charge in [-0.15, -0.1) is 0 Å². The SMILES string of the molecule is COc1ccccc1N1C(N)=NCC12CCC(C)CC2. The van der Waals surface area contributed by atoms with E-state index < -0.39 is 0 Å². The molecule has 2 aliphatic rings. The number of guanidine groups is 1. The molecular weight excluding hydrogens is 250 g/mol. The summed E-state index contributed by atoms with van der Waals surface area (Å²) >= 11 is 0. The molecule has 0 saturated heterocycles. The van der Waals surface area contributed by atoms with E-state index in [0.717, 1.165) is 36.7 Å². The first kappa shape index (κ1) is 13.3. The molecule has 1 saturated carbocycles. The lowest BCUT2D eigenvalue weighted by molar-refractivity contribution is 0.260. The van der Waals surface area contributed by atoms with Crippen LogP contribution in [0.3, 0.4) is 0 Å². The zero-order chi connectivity index (χ0) is 14.2. The van der Waals surface area contributed by atoms with Gasteiger partial charge in [-0.2, -0.15) is 0 Å². The van der Waals surface area contributed by atoms with E-state index in [-0.39, 0.29) is 5.54 Å². The van der Waals surface area contributed by atoms with Crippen LogP contribution < -0.4 is 15.4 Å². The number of aliphatic imine (C=N–C) groups is 1. The lowest BCUT2D eigenvalue weighted by Gasteiger charge is -2.43. The summed E-state index contributed by atoms with van der Waals surface area (Å²) in [5.41, 5.74) is 7.30. The molecule has 4 nitrogen and oxygen atoms in total. The first-order chi connectivity index (χ1) is 9.66. The molecule has 0 atom stereocenters. The van der Waals surface area contributed by atoms with E-state index in [0.29, 0.717) is 5.96 Å². The molecule has 108 valence electrons. The van der Waals surface area contributed by atoms with Gasteiger partial charge >= 0.3 is 0 Å². The number of nitrogens with two attached hydrogens (primary N) is 1. The Morgan fingerprint density at radius 1 is 1.30 bits per heavy atom. The number of benzene rings is 1. The Morgan fingerprint density at radius 2 is 2.00 bits per heavy atom. The van der Waals surface area contributed by atoms with Crippen molar-refractivity contribution in [2.24, 2.45) is 16.6 Å². The minimum absolute atomic E-state index is 0.0607. The molecule has 0 radical (unpaired) electrons. The summed E-state index contributed by atoms with van der Waals surface area (Å²) < 4.78 is 5.51. The van der Waals surface area contributed by atoms with Crippen molar-refractivity contribution in [2.45, 2.75) is 38.1 Å². The van der Waals surface area contributed by atoms with E-state index in [1.807, 2.05) is 18.2 Å². The molecule has 1 fully saturated rings. The van der Waals surface area contributed by atoms with E-state index in [9.17, 15) is 0 Å². The average Bonchev–Trinajstić information content (AvgIpc) is 2.79. The number of rotatable bonds is 2.